The first-order valence-electron chi connectivity index (χ1n) is 6.09. The van der Waals surface area contributed by atoms with E-state index >= 15 is 0 Å². The SMILES string of the molecule is COC1CCCN(C(=O)c2ccc(C)cc2)C1. The lowest BCUT2D eigenvalue weighted by Gasteiger charge is -2.32. The van der Waals surface area contributed by atoms with Crippen molar-refractivity contribution in [3.8, 4) is 0 Å². The fourth-order valence-corrected chi connectivity index (χ4v) is 2.19. The molecule has 0 radical (unpaired) electrons. The maximum Gasteiger partial charge on any atom is 0.253 e. The lowest BCUT2D eigenvalue weighted by Crippen LogP contribution is -2.42. The van der Waals surface area contributed by atoms with E-state index in [1.54, 1.807) is 7.11 Å². The van der Waals surface area contributed by atoms with E-state index in [-0.39, 0.29) is 12.0 Å². The van der Waals surface area contributed by atoms with Gasteiger partial charge in [-0.2, -0.15) is 0 Å². The monoisotopic (exact) mass is 233 g/mol. The van der Waals surface area contributed by atoms with Crippen LogP contribution in [0.4, 0.5) is 0 Å². The van der Waals surface area contributed by atoms with Crippen LogP contribution in [0.1, 0.15) is 28.8 Å². The minimum absolute atomic E-state index is 0.117. The summed E-state index contributed by atoms with van der Waals surface area (Å²) in [5.41, 5.74) is 1.95. The highest BCUT2D eigenvalue weighted by molar-refractivity contribution is 5.94. The van der Waals surface area contributed by atoms with Crippen LogP contribution in [-0.2, 0) is 4.74 Å². The third-order valence-electron chi connectivity index (χ3n) is 3.30. The second kappa shape index (κ2) is 5.32. The average molecular weight is 233 g/mol. The Hall–Kier alpha value is -1.35. The van der Waals surface area contributed by atoms with Crippen LogP contribution in [0.25, 0.3) is 0 Å². The van der Waals surface area contributed by atoms with Crippen molar-refractivity contribution in [3.05, 3.63) is 35.4 Å². The number of amides is 1. The lowest BCUT2D eigenvalue weighted by atomic mass is 10.1. The predicted molar refractivity (Wildman–Crippen MR) is 67.1 cm³/mol. The van der Waals surface area contributed by atoms with Crippen LogP contribution in [0.5, 0.6) is 0 Å². The van der Waals surface area contributed by atoms with Crippen molar-refractivity contribution in [3.63, 3.8) is 0 Å². The molecular weight excluding hydrogens is 214 g/mol. The summed E-state index contributed by atoms with van der Waals surface area (Å²) >= 11 is 0. The van der Waals surface area contributed by atoms with Crippen molar-refractivity contribution in [2.24, 2.45) is 0 Å². The van der Waals surface area contributed by atoms with E-state index in [0.717, 1.165) is 24.9 Å². The summed E-state index contributed by atoms with van der Waals surface area (Å²) in [6, 6.07) is 7.75. The molecule has 1 aliphatic rings. The van der Waals surface area contributed by atoms with Crippen LogP contribution in [0.15, 0.2) is 24.3 Å². The summed E-state index contributed by atoms with van der Waals surface area (Å²) < 4.78 is 5.33. The smallest absolute Gasteiger partial charge is 0.253 e. The molecule has 17 heavy (non-hydrogen) atoms. The van der Waals surface area contributed by atoms with E-state index in [1.165, 1.54) is 5.56 Å². The average Bonchev–Trinajstić information content (AvgIpc) is 2.39. The Kier molecular flexibility index (Phi) is 3.79. The maximum atomic E-state index is 12.2. The number of hydrogen-bond donors (Lipinski definition) is 0. The number of likely N-dealkylation sites (tertiary alicyclic amines) is 1. The van der Waals surface area contributed by atoms with Crippen molar-refractivity contribution >= 4 is 5.91 Å². The van der Waals surface area contributed by atoms with Crippen molar-refractivity contribution in [2.75, 3.05) is 20.2 Å². The van der Waals surface area contributed by atoms with Gasteiger partial charge in [-0.15, -0.1) is 0 Å². The molecule has 0 N–H and O–H groups in total. The van der Waals surface area contributed by atoms with Gasteiger partial charge in [0, 0.05) is 25.8 Å². The topological polar surface area (TPSA) is 29.5 Å². The molecule has 3 nitrogen and oxygen atoms in total. The van der Waals surface area contributed by atoms with E-state index in [2.05, 4.69) is 0 Å². The first kappa shape index (κ1) is 12.1. The number of ether oxygens (including phenoxy) is 1. The largest absolute Gasteiger partial charge is 0.380 e. The lowest BCUT2D eigenvalue weighted by molar-refractivity contribution is 0.0269. The number of aryl methyl sites for hydroxylation is 1. The number of methoxy groups -OCH3 is 1. The molecule has 0 aliphatic carbocycles. The Morgan fingerprint density at radius 1 is 1.35 bits per heavy atom. The Labute approximate surface area is 102 Å². The molecule has 92 valence electrons. The standard InChI is InChI=1S/C14H19NO2/c1-11-5-7-12(8-6-11)14(16)15-9-3-4-13(10-15)17-2/h5-8,13H,3-4,9-10H2,1-2H3. The first-order chi connectivity index (χ1) is 8.20. The molecule has 1 atom stereocenters. The summed E-state index contributed by atoms with van der Waals surface area (Å²) in [5, 5.41) is 0. The summed E-state index contributed by atoms with van der Waals surface area (Å²) in [5.74, 6) is 0.117. The van der Waals surface area contributed by atoms with Gasteiger partial charge in [-0.3, -0.25) is 4.79 Å². The van der Waals surface area contributed by atoms with Gasteiger partial charge < -0.3 is 9.64 Å². The van der Waals surface area contributed by atoms with Gasteiger partial charge in [-0.05, 0) is 31.9 Å². The molecule has 0 saturated carbocycles. The molecule has 0 spiro atoms. The van der Waals surface area contributed by atoms with Crippen LogP contribution in [0.2, 0.25) is 0 Å². The molecule has 1 aromatic carbocycles. The van der Waals surface area contributed by atoms with E-state index in [4.69, 9.17) is 4.74 Å². The summed E-state index contributed by atoms with van der Waals surface area (Å²) in [7, 11) is 1.71. The second-order valence-corrected chi connectivity index (χ2v) is 4.62. The molecule has 1 heterocycles. The quantitative estimate of drug-likeness (QED) is 0.784. The van der Waals surface area contributed by atoms with Gasteiger partial charge in [0.2, 0.25) is 0 Å². The van der Waals surface area contributed by atoms with Gasteiger partial charge in [0.15, 0.2) is 0 Å². The van der Waals surface area contributed by atoms with Crippen LogP contribution in [0.3, 0.4) is 0 Å². The van der Waals surface area contributed by atoms with E-state index in [0.29, 0.717) is 6.54 Å². The van der Waals surface area contributed by atoms with Crippen molar-refractivity contribution in [1.82, 2.24) is 4.90 Å². The number of carbonyl (C=O) groups excluding carboxylic acids is 1. The third-order valence-corrected chi connectivity index (χ3v) is 3.30. The molecule has 1 amide bonds. The predicted octanol–water partition coefficient (Wildman–Crippen LogP) is 2.25. The fourth-order valence-electron chi connectivity index (χ4n) is 2.19. The fraction of sp³-hybridized carbons (Fsp3) is 0.500. The summed E-state index contributed by atoms with van der Waals surface area (Å²) in [4.78, 5) is 14.1. The highest BCUT2D eigenvalue weighted by atomic mass is 16.5. The van der Waals surface area contributed by atoms with Crippen LogP contribution < -0.4 is 0 Å². The number of benzene rings is 1. The van der Waals surface area contributed by atoms with Gasteiger partial charge >= 0.3 is 0 Å². The second-order valence-electron chi connectivity index (χ2n) is 4.62. The summed E-state index contributed by atoms with van der Waals surface area (Å²) in [6.45, 7) is 3.58. The van der Waals surface area contributed by atoms with Crippen LogP contribution >= 0.6 is 0 Å². The van der Waals surface area contributed by atoms with E-state index in [1.807, 2.05) is 36.1 Å². The normalized spacial score (nSPS) is 20.4. The van der Waals surface area contributed by atoms with E-state index < -0.39 is 0 Å². The Bertz CT molecular complexity index is 386. The zero-order valence-corrected chi connectivity index (χ0v) is 10.5. The van der Waals surface area contributed by atoms with Crippen molar-refractivity contribution in [2.45, 2.75) is 25.9 Å². The minimum Gasteiger partial charge on any atom is -0.380 e. The third kappa shape index (κ3) is 2.86. The summed E-state index contributed by atoms with van der Waals surface area (Å²) in [6.07, 6.45) is 2.27. The maximum absolute atomic E-state index is 12.2. The molecule has 3 heteroatoms. The first-order valence-corrected chi connectivity index (χ1v) is 6.09. The zero-order valence-electron chi connectivity index (χ0n) is 10.5. The molecule has 1 saturated heterocycles. The number of rotatable bonds is 2. The van der Waals surface area contributed by atoms with Crippen LogP contribution in [-0.4, -0.2) is 37.1 Å². The van der Waals surface area contributed by atoms with Gasteiger partial charge in [-0.1, -0.05) is 17.7 Å². The van der Waals surface area contributed by atoms with E-state index in [9.17, 15) is 4.79 Å². The molecule has 1 aliphatic heterocycles. The number of nitrogens with zero attached hydrogens (tertiary/aromatic N) is 1. The number of carbonyl (C=O) groups is 1. The molecule has 0 bridgehead atoms. The zero-order chi connectivity index (χ0) is 12.3. The van der Waals surface area contributed by atoms with Crippen LogP contribution in [0, 0.1) is 6.92 Å². The van der Waals surface area contributed by atoms with Crippen molar-refractivity contribution < 1.29 is 9.53 Å². The Balaban J connectivity index is 2.06. The van der Waals surface area contributed by atoms with Crippen molar-refractivity contribution in [1.29, 1.82) is 0 Å². The Morgan fingerprint density at radius 3 is 2.71 bits per heavy atom. The Morgan fingerprint density at radius 2 is 2.06 bits per heavy atom. The number of hydrogen-bond acceptors (Lipinski definition) is 2. The molecule has 1 aromatic rings. The highest BCUT2D eigenvalue weighted by Gasteiger charge is 2.23. The molecule has 1 fully saturated rings. The van der Waals surface area contributed by atoms with Gasteiger partial charge in [0.05, 0.1) is 6.10 Å². The molecular formula is C14H19NO2. The molecule has 2 rings (SSSR count). The molecule has 0 aromatic heterocycles. The number of piperidine rings is 1. The highest BCUT2D eigenvalue weighted by Crippen LogP contribution is 2.15. The van der Waals surface area contributed by atoms with Gasteiger partial charge in [-0.25, -0.2) is 0 Å². The van der Waals surface area contributed by atoms with Gasteiger partial charge in [0.25, 0.3) is 5.91 Å². The van der Waals surface area contributed by atoms with Gasteiger partial charge in [0.1, 0.15) is 0 Å². The minimum atomic E-state index is 0.117. The molecule has 1 unspecified atom stereocenters.